The Morgan fingerprint density at radius 1 is 1.23 bits per heavy atom. The van der Waals surface area contributed by atoms with Crippen LogP contribution in [0.3, 0.4) is 0 Å². The fourth-order valence-electron chi connectivity index (χ4n) is 3.06. The van der Waals surface area contributed by atoms with Crippen molar-refractivity contribution < 1.29 is 9.59 Å². The molecule has 0 radical (unpaired) electrons. The summed E-state index contributed by atoms with van der Waals surface area (Å²) in [4.78, 5) is 32.8. The first-order chi connectivity index (χ1) is 12.5. The molecule has 1 aromatic heterocycles. The number of carbonyl (C=O) groups excluding carboxylic acids is 2. The van der Waals surface area contributed by atoms with E-state index in [2.05, 4.69) is 20.6 Å². The lowest BCUT2D eigenvalue weighted by atomic mass is 10.1. The number of anilines is 1. The molecule has 1 aliphatic rings. The standard InChI is InChI=1S/C19H24N4O2S/c1-14(24)16-5-3-6-17(11-16)21-19(25)23-8-4-7-22(9-10-23)12-18-13-26-15(2)20-18/h3,5-6,11,13H,4,7-10,12H2,1-2H3,(H,21,25). The van der Waals surface area contributed by atoms with Crippen LogP contribution in [0.2, 0.25) is 0 Å². The number of carbonyl (C=O) groups is 2. The Morgan fingerprint density at radius 3 is 2.81 bits per heavy atom. The van der Waals surface area contributed by atoms with Crippen molar-refractivity contribution in [3.8, 4) is 0 Å². The highest BCUT2D eigenvalue weighted by Gasteiger charge is 2.20. The SMILES string of the molecule is CC(=O)c1cccc(NC(=O)N2CCCN(Cc3csc(C)n3)CC2)c1. The van der Waals surface area contributed by atoms with Gasteiger partial charge >= 0.3 is 6.03 Å². The van der Waals surface area contributed by atoms with Crippen LogP contribution in [0.1, 0.15) is 34.4 Å². The van der Waals surface area contributed by atoms with E-state index in [1.807, 2.05) is 11.8 Å². The van der Waals surface area contributed by atoms with Crippen molar-refractivity contribution in [1.82, 2.24) is 14.8 Å². The van der Waals surface area contributed by atoms with Gasteiger partial charge in [-0.3, -0.25) is 9.69 Å². The van der Waals surface area contributed by atoms with Gasteiger partial charge in [-0.15, -0.1) is 11.3 Å². The monoisotopic (exact) mass is 372 g/mol. The molecule has 0 aliphatic carbocycles. The third-order valence-corrected chi connectivity index (χ3v) is 5.27. The maximum absolute atomic E-state index is 12.6. The molecule has 2 aromatic rings. The Balaban J connectivity index is 1.55. The van der Waals surface area contributed by atoms with Gasteiger partial charge in [-0.2, -0.15) is 0 Å². The molecule has 6 nitrogen and oxygen atoms in total. The highest BCUT2D eigenvalue weighted by atomic mass is 32.1. The normalized spacial score (nSPS) is 15.5. The van der Waals surface area contributed by atoms with E-state index in [1.165, 1.54) is 6.92 Å². The van der Waals surface area contributed by atoms with Crippen molar-refractivity contribution in [2.24, 2.45) is 0 Å². The molecule has 2 amide bonds. The van der Waals surface area contributed by atoms with Crippen LogP contribution in [0.25, 0.3) is 0 Å². The Bertz CT molecular complexity index is 789. The third-order valence-electron chi connectivity index (χ3n) is 4.45. The molecular formula is C19H24N4O2S. The first-order valence-corrected chi connectivity index (χ1v) is 9.69. The lowest BCUT2D eigenvalue weighted by Crippen LogP contribution is -2.38. The summed E-state index contributed by atoms with van der Waals surface area (Å²) in [6.45, 7) is 7.57. The van der Waals surface area contributed by atoms with Crippen LogP contribution >= 0.6 is 11.3 Å². The zero-order valence-corrected chi connectivity index (χ0v) is 16.0. The number of nitrogens with zero attached hydrogens (tertiary/aromatic N) is 3. The minimum atomic E-state index is -0.114. The van der Waals surface area contributed by atoms with E-state index in [9.17, 15) is 9.59 Å². The predicted molar refractivity (Wildman–Crippen MR) is 104 cm³/mol. The fourth-order valence-corrected chi connectivity index (χ4v) is 3.66. The van der Waals surface area contributed by atoms with Gasteiger partial charge < -0.3 is 10.2 Å². The minimum Gasteiger partial charge on any atom is -0.323 e. The van der Waals surface area contributed by atoms with Crippen molar-refractivity contribution in [2.75, 3.05) is 31.5 Å². The van der Waals surface area contributed by atoms with Crippen molar-refractivity contribution in [1.29, 1.82) is 0 Å². The van der Waals surface area contributed by atoms with Gasteiger partial charge in [0.25, 0.3) is 0 Å². The van der Waals surface area contributed by atoms with E-state index in [0.717, 1.165) is 43.3 Å². The Labute approximate surface area is 157 Å². The molecule has 1 aliphatic heterocycles. The van der Waals surface area contributed by atoms with Gasteiger partial charge in [-0.1, -0.05) is 12.1 Å². The summed E-state index contributed by atoms with van der Waals surface area (Å²) in [5, 5.41) is 6.10. The Morgan fingerprint density at radius 2 is 2.08 bits per heavy atom. The van der Waals surface area contributed by atoms with Crippen LogP contribution < -0.4 is 5.32 Å². The average molecular weight is 372 g/mol. The summed E-state index contributed by atoms with van der Waals surface area (Å²) in [6, 6.07) is 6.94. The predicted octanol–water partition coefficient (Wildman–Crippen LogP) is 3.39. The minimum absolute atomic E-state index is 0.0104. The number of urea groups is 1. The smallest absolute Gasteiger partial charge is 0.321 e. The highest BCUT2D eigenvalue weighted by Crippen LogP contribution is 2.15. The highest BCUT2D eigenvalue weighted by molar-refractivity contribution is 7.09. The molecule has 3 rings (SSSR count). The molecule has 1 aromatic carbocycles. The summed E-state index contributed by atoms with van der Waals surface area (Å²) in [5.41, 5.74) is 2.36. The Hall–Kier alpha value is -2.25. The van der Waals surface area contributed by atoms with Gasteiger partial charge in [0.1, 0.15) is 0 Å². The molecule has 138 valence electrons. The number of hydrogen-bond donors (Lipinski definition) is 1. The van der Waals surface area contributed by atoms with Crippen molar-refractivity contribution >= 4 is 28.8 Å². The van der Waals surface area contributed by atoms with E-state index in [-0.39, 0.29) is 11.8 Å². The number of nitrogens with one attached hydrogen (secondary N) is 1. The lowest BCUT2D eigenvalue weighted by molar-refractivity contribution is 0.101. The molecule has 0 atom stereocenters. The van der Waals surface area contributed by atoms with Crippen LogP contribution in [0, 0.1) is 6.92 Å². The van der Waals surface area contributed by atoms with Crippen molar-refractivity contribution in [3.05, 3.63) is 45.9 Å². The number of aromatic nitrogens is 1. The number of hydrogen-bond acceptors (Lipinski definition) is 5. The summed E-state index contributed by atoms with van der Waals surface area (Å²) >= 11 is 1.67. The van der Waals surface area contributed by atoms with Gasteiger partial charge in [0.05, 0.1) is 10.7 Å². The molecule has 1 fully saturated rings. The largest absolute Gasteiger partial charge is 0.323 e. The van der Waals surface area contributed by atoms with E-state index in [4.69, 9.17) is 0 Å². The summed E-state index contributed by atoms with van der Waals surface area (Å²) < 4.78 is 0. The zero-order chi connectivity index (χ0) is 18.5. The molecule has 1 N–H and O–H groups in total. The number of Topliss-reactive ketones (excluding diaryl/α,β-unsaturated/α-hetero) is 1. The second kappa shape index (κ2) is 8.42. The second-order valence-electron chi connectivity index (χ2n) is 6.54. The number of aryl methyl sites for hydroxylation is 1. The molecule has 0 spiro atoms. The molecule has 2 heterocycles. The first-order valence-electron chi connectivity index (χ1n) is 8.81. The third kappa shape index (κ3) is 4.89. The van der Waals surface area contributed by atoms with Crippen LogP contribution in [0.4, 0.5) is 10.5 Å². The molecule has 26 heavy (non-hydrogen) atoms. The summed E-state index contributed by atoms with van der Waals surface area (Å²) in [6.07, 6.45) is 0.935. The number of ketones is 1. The zero-order valence-electron chi connectivity index (χ0n) is 15.2. The molecule has 0 unspecified atom stereocenters. The van der Waals surface area contributed by atoms with Gasteiger partial charge in [0, 0.05) is 49.4 Å². The number of rotatable bonds is 4. The first kappa shape index (κ1) is 18.5. The quantitative estimate of drug-likeness (QED) is 0.836. The van der Waals surface area contributed by atoms with Gasteiger partial charge in [-0.25, -0.2) is 9.78 Å². The molecule has 0 bridgehead atoms. The average Bonchev–Trinajstić information content (AvgIpc) is 2.88. The summed E-state index contributed by atoms with van der Waals surface area (Å²) in [5.74, 6) is -0.0104. The van der Waals surface area contributed by atoms with E-state index in [0.29, 0.717) is 17.8 Å². The molecular weight excluding hydrogens is 348 g/mol. The maximum atomic E-state index is 12.6. The second-order valence-corrected chi connectivity index (χ2v) is 7.60. The maximum Gasteiger partial charge on any atom is 0.321 e. The lowest BCUT2D eigenvalue weighted by Gasteiger charge is -2.22. The van der Waals surface area contributed by atoms with Crippen LogP contribution in [-0.2, 0) is 6.54 Å². The topological polar surface area (TPSA) is 65.5 Å². The van der Waals surface area contributed by atoms with E-state index < -0.39 is 0 Å². The summed E-state index contributed by atoms with van der Waals surface area (Å²) in [7, 11) is 0. The molecule has 0 saturated carbocycles. The van der Waals surface area contributed by atoms with Gasteiger partial charge in [0.15, 0.2) is 5.78 Å². The van der Waals surface area contributed by atoms with Crippen LogP contribution in [-0.4, -0.2) is 52.8 Å². The number of benzene rings is 1. The fraction of sp³-hybridized carbons (Fsp3) is 0.421. The number of amides is 2. The Kier molecular flexibility index (Phi) is 6.00. The van der Waals surface area contributed by atoms with Crippen molar-refractivity contribution in [2.45, 2.75) is 26.8 Å². The van der Waals surface area contributed by atoms with Gasteiger partial charge in [-0.05, 0) is 32.4 Å². The number of thiazole rings is 1. The molecule has 1 saturated heterocycles. The van der Waals surface area contributed by atoms with E-state index >= 15 is 0 Å². The van der Waals surface area contributed by atoms with E-state index in [1.54, 1.807) is 35.6 Å². The molecule has 7 heteroatoms. The van der Waals surface area contributed by atoms with Crippen molar-refractivity contribution in [3.63, 3.8) is 0 Å². The van der Waals surface area contributed by atoms with Crippen LogP contribution in [0.15, 0.2) is 29.6 Å². The van der Waals surface area contributed by atoms with Crippen LogP contribution in [0.5, 0.6) is 0 Å². The van der Waals surface area contributed by atoms with Gasteiger partial charge in [0.2, 0.25) is 0 Å².